The topological polar surface area (TPSA) is 44.8 Å². The van der Waals surface area contributed by atoms with E-state index in [2.05, 4.69) is 4.74 Å². The molecule has 82 valence electrons. The number of carbonyl (C=O) groups excluding carboxylic acids is 1. The number of para-hydroxylation sites is 1. The molecule has 0 unspecified atom stereocenters. The van der Waals surface area contributed by atoms with E-state index < -0.39 is 0 Å². The SMILES string of the molecule is CC(=O)OCCOCOc1ccccc1. The molecule has 0 aliphatic carbocycles. The standard InChI is InChI=1S/C11H14O4/c1-10(12)14-8-7-13-9-15-11-5-3-2-4-6-11/h2-6H,7-9H2,1H3. The van der Waals surface area contributed by atoms with Crippen molar-refractivity contribution in [2.75, 3.05) is 20.0 Å². The predicted octanol–water partition coefficient (Wildman–Crippen LogP) is 1.60. The summed E-state index contributed by atoms with van der Waals surface area (Å²) in [5, 5.41) is 0. The van der Waals surface area contributed by atoms with Gasteiger partial charge in [-0.1, -0.05) is 18.2 Å². The van der Waals surface area contributed by atoms with Gasteiger partial charge in [0.25, 0.3) is 0 Å². The van der Waals surface area contributed by atoms with Crippen molar-refractivity contribution in [3.8, 4) is 5.75 Å². The molecule has 0 bridgehead atoms. The summed E-state index contributed by atoms with van der Waals surface area (Å²) in [5.41, 5.74) is 0. The quantitative estimate of drug-likeness (QED) is 0.406. The van der Waals surface area contributed by atoms with E-state index in [1.807, 2.05) is 30.3 Å². The van der Waals surface area contributed by atoms with Crippen molar-refractivity contribution in [2.24, 2.45) is 0 Å². The van der Waals surface area contributed by atoms with Crippen LogP contribution in [0.3, 0.4) is 0 Å². The lowest BCUT2D eigenvalue weighted by molar-refractivity contribution is -0.143. The van der Waals surface area contributed by atoms with Gasteiger partial charge >= 0.3 is 5.97 Å². The number of ether oxygens (including phenoxy) is 3. The van der Waals surface area contributed by atoms with Crippen molar-refractivity contribution in [3.63, 3.8) is 0 Å². The van der Waals surface area contributed by atoms with Crippen molar-refractivity contribution in [1.29, 1.82) is 0 Å². The first-order chi connectivity index (χ1) is 7.29. The van der Waals surface area contributed by atoms with Gasteiger partial charge in [-0.05, 0) is 12.1 Å². The Morgan fingerprint density at radius 3 is 2.60 bits per heavy atom. The molecule has 0 saturated carbocycles. The van der Waals surface area contributed by atoms with Crippen LogP contribution in [-0.4, -0.2) is 26.0 Å². The minimum absolute atomic E-state index is 0.158. The van der Waals surface area contributed by atoms with Crippen LogP contribution in [0, 0.1) is 0 Å². The number of hydrogen-bond donors (Lipinski definition) is 0. The third-order valence-electron chi connectivity index (χ3n) is 1.59. The van der Waals surface area contributed by atoms with Crippen LogP contribution in [0.4, 0.5) is 0 Å². The van der Waals surface area contributed by atoms with Crippen LogP contribution in [0.2, 0.25) is 0 Å². The average Bonchev–Trinajstić information content (AvgIpc) is 2.24. The third kappa shape index (κ3) is 5.70. The zero-order chi connectivity index (χ0) is 10.9. The molecular formula is C11H14O4. The van der Waals surface area contributed by atoms with E-state index >= 15 is 0 Å². The van der Waals surface area contributed by atoms with Gasteiger partial charge in [-0.15, -0.1) is 0 Å². The van der Waals surface area contributed by atoms with E-state index in [1.165, 1.54) is 6.92 Å². The van der Waals surface area contributed by atoms with Crippen molar-refractivity contribution in [1.82, 2.24) is 0 Å². The van der Waals surface area contributed by atoms with Crippen molar-refractivity contribution in [3.05, 3.63) is 30.3 Å². The maximum atomic E-state index is 10.4. The highest BCUT2D eigenvalue weighted by Crippen LogP contribution is 2.07. The number of carbonyl (C=O) groups is 1. The Balaban J connectivity index is 2.00. The summed E-state index contributed by atoms with van der Waals surface area (Å²) in [6, 6.07) is 9.36. The lowest BCUT2D eigenvalue weighted by Crippen LogP contribution is -2.10. The van der Waals surface area contributed by atoms with Crippen LogP contribution in [-0.2, 0) is 14.3 Å². The fourth-order valence-corrected chi connectivity index (χ4v) is 0.930. The summed E-state index contributed by atoms with van der Waals surface area (Å²) in [7, 11) is 0. The van der Waals surface area contributed by atoms with Gasteiger partial charge < -0.3 is 14.2 Å². The summed E-state index contributed by atoms with van der Waals surface area (Å²) < 4.78 is 15.0. The van der Waals surface area contributed by atoms with Crippen molar-refractivity contribution >= 4 is 5.97 Å². The van der Waals surface area contributed by atoms with Crippen LogP contribution >= 0.6 is 0 Å². The lowest BCUT2D eigenvalue weighted by atomic mass is 10.3. The first-order valence-corrected chi connectivity index (χ1v) is 4.68. The molecule has 4 heteroatoms. The minimum atomic E-state index is -0.303. The Morgan fingerprint density at radius 2 is 1.93 bits per heavy atom. The third-order valence-corrected chi connectivity index (χ3v) is 1.59. The highest BCUT2D eigenvalue weighted by Gasteiger charge is 1.93. The summed E-state index contributed by atoms with van der Waals surface area (Å²) in [6.07, 6.45) is 0. The van der Waals surface area contributed by atoms with Gasteiger partial charge in [-0.2, -0.15) is 0 Å². The zero-order valence-corrected chi connectivity index (χ0v) is 8.64. The molecule has 1 aromatic carbocycles. The van der Waals surface area contributed by atoms with Gasteiger partial charge in [0, 0.05) is 6.92 Å². The second-order valence-electron chi connectivity index (χ2n) is 2.82. The summed E-state index contributed by atoms with van der Waals surface area (Å²) >= 11 is 0. The van der Waals surface area contributed by atoms with Crippen molar-refractivity contribution in [2.45, 2.75) is 6.92 Å². The molecule has 0 atom stereocenters. The molecule has 0 amide bonds. The smallest absolute Gasteiger partial charge is 0.302 e. The molecule has 0 heterocycles. The van der Waals surface area contributed by atoms with E-state index in [9.17, 15) is 4.79 Å². The Morgan fingerprint density at radius 1 is 1.20 bits per heavy atom. The van der Waals surface area contributed by atoms with E-state index in [0.717, 1.165) is 5.75 Å². The molecule has 0 spiro atoms. The number of benzene rings is 1. The van der Waals surface area contributed by atoms with Crippen LogP contribution in [0.25, 0.3) is 0 Å². The first kappa shape index (κ1) is 11.5. The largest absolute Gasteiger partial charge is 0.468 e. The summed E-state index contributed by atoms with van der Waals surface area (Å²) in [6.45, 7) is 2.12. The van der Waals surface area contributed by atoms with Gasteiger partial charge in [0.05, 0.1) is 6.61 Å². The molecule has 4 nitrogen and oxygen atoms in total. The number of hydrogen-bond acceptors (Lipinski definition) is 4. The maximum Gasteiger partial charge on any atom is 0.302 e. The van der Waals surface area contributed by atoms with Crippen LogP contribution in [0.1, 0.15) is 6.92 Å². The second kappa shape index (κ2) is 6.84. The van der Waals surface area contributed by atoms with Crippen molar-refractivity contribution < 1.29 is 19.0 Å². The van der Waals surface area contributed by atoms with E-state index in [0.29, 0.717) is 6.61 Å². The fourth-order valence-electron chi connectivity index (χ4n) is 0.930. The molecule has 0 aliphatic heterocycles. The van der Waals surface area contributed by atoms with Gasteiger partial charge in [-0.3, -0.25) is 4.79 Å². The lowest BCUT2D eigenvalue weighted by Gasteiger charge is -2.06. The normalized spacial score (nSPS) is 9.67. The van der Waals surface area contributed by atoms with Gasteiger partial charge in [-0.25, -0.2) is 0 Å². The summed E-state index contributed by atoms with van der Waals surface area (Å²) in [4.78, 5) is 10.4. The van der Waals surface area contributed by atoms with Gasteiger partial charge in [0.1, 0.15) is 12.4 Å². The molecule has 0 aromatic heterocycles. The van der Waals surface area contributed by atoms with Gasteiger partial charge in [0.2, 0.25) is 0 Å². The molecular weight excluding hydrogens is 196 g/mol. The van der Waals surface area contributed by atoms with Crippen LogP contribution in [0.15, 0.2) is 30.3 Å². The van der Waals surface area contributed by atoms with E-state index in [1.54, 1.807) is 0 Å². The predicted molar refractivity (Wildman–Crippen MR) is 54.5 cm³/mol. The molecule has 0 aliphatic rings. The van der Waals surface area contributed by atoms with E-state index in [4.69, 9.17) is 9.47 Å². The monoisotopic (exact) mass is 210 g/mol. The molecule has 0 saturated heterocycles. The first-order valence-electron chi connectivity index (χ1n) is 4.68. The molecule has 0 N–H and O–H groups in total. The Kier molecular flexibility index (Phi) is 5.25. The summed E-state index contributed by atoms with van der Waals surface area (Å²) in [5.74, 6) is 0.451. The van der Waals surface area contributed by atoms with Crippen LogP contribution in [0.5, 0.6) is 5.75 Å². The maximum absolute atomic E-state index is 10.4. The molecule has 0 fully saturated rings. The van der Waals surface area contributed by atoms with Gasteiger partial charge in [0.15, 0.2) is 6.79 Å². The number of rotatable bonds is 6. The van der Waals surface area contributed by atoms with Crippen LogP contribution < -0.4 is 4.74 Å². The average molecular weight is 210 g/mol. The highest BCUT2D eigenvalue weighted by atomic mass is 16.7. The molecule has 0 radical (unpaired) electrons. The Hall–Kier alpha value is -1.55. The molecule has 1 rings (SSSR count). The minimum Gasteiger partial charge on any atom is -0.468 e. The highest BCUT2D eigenvalue weighted by molar-refractivity contribution is 5.65. The Bertz CT molecular complexity index is 284. The zero-order valence-electron chi connectivity index (χ0n) is 8.64. The molecule has 15 heavy (non-hydrogen) atoms. The molecule has 1 aromatic rings. The van der Waals surface area contributed by atoms with E-state index in [-0.39, 0.29) is 19.4 Å². The second-order valence-corrected chi connectivity index (χ2v) is 2.82. The number of esters is 1. The fraction of sp³-hybridized carbons (Fsp3) is 0.364. The Labute approximate surface area is 88.8 Å².